The fraction of sp³-hybridized carbons (Fsp3) is 0.389. The number of rotatable bonds is 7. The zero-order valence-corrected chi connectivity index (χ0v) is 15.5. The molecule has 1 aromatic carbocycles. The lowest BCUT2D eigenvalue weighted by Gasteiger charge is -2.15. The van der Waals surface area contributed by atoms with Gasteiger partial charge in [0, 0.05) is 13.6 Å². The van der Waals surface area contributed by atoms with Crippen molar-refractivity contribution in [3.8, 4) is 5.75 Å². The minimum absolute atomic E-state index is 0.0539. The van der Waals surface area contributed by atoms with Crippen molar-refractivity contribution in [2.75, 3.05) is 18.5 Å². The Balaban J connectivity index is 1.88. The van der Waals surface area contributed by atoms with Crippen LogP contribution in [-0.4, -0.2) is 43.5 Å². The lowest BCUT2D eigenvalue weighted by Crippen LogP contribution is -2.31. The highest BCUT2D eigenvalue weighted by Crippen LogP contribution is 2.17. The van der Waals surface area contributed by atoms with Crippen molar-refractivity contribution in [2.24, 2.45) is 7.05 Å². The maximum absolute atomic E-state index is 12.3. The summed E-state index contributed by atoms with van der Waals surface area (Å²) in [5, 5.41) is 13.5. The summed E-state index contributed by atoms with van der Waals surface area (Å²) in [6.07, 6.45) is -0.878. The van der Waals surface area contributed by atoms with Gasteiger partial charge in [0.05, 0.1) is 6.54 Å². The molecule has 0 aliphatic carbocycles. The smallest absolute Gasteiger partial charge is 0.329 e. The predicted octanol–water partition coefficient (Wildman–Crippen LogP) is 0.603. The van der Waals surface area contributed by atoms with E-state index in [2.05, 4.69) is 15.3 Å². The normalized spacial score (nSPS) is 12.3. The molecule has 0 saturated heterocycles. The molecule has 1 unspecified atom stereocenters. The highest BCUT2D eigenvalue weighted by Gasteiger charge is 2.19. The molecule has 3 rings (SSSR count). The second-order valence-electron chi connectivity index (χ2n) is 6.35. The molecule has 2 heterocycles. The molecule has 0 aliphatic rings. The highest BCUT2D eigenvalue weighted by atomic mass is 16.5. The summed E-state index contributed by atoms with van der Waals surface area (Å²) in [4.78, 5) is 30.7. The molecule has 0 bridgehead atoms. The Morgan fingerprint density at radius 1 is 1.37 bits per heavy atom. The lowest BCUT2D eigenvalue weighted by molar-refractivity contribution is 0.0938. The second-order valence-corrected chi connectivity index (χ2v) is 6.35. The van der Waals surface area contributed by atoms with E-state index in [0.717, 1.165) is 5.56 Å². The number of benzene rings is 1. The number of H-pyrrole nitrogens is 1. The summed E-state index contributed by atoms with van der Waals surface area (Å²) >= 11 is 0. The maximum atomic E-state index is 12.3. The molecule has 9 nitrogen and oxygen atoms in total. The number of aliphatic hydroxyl groups excluding tert-OH is 1. The maximum Gasteiger partial charge on any atom is 0.329 e. The predicted molar refractivity (Wildman–Crippen MR) is 102 cm³/mol. The van der Waals surface area contributed by atoms with Crippen molar-refractivity contribution in [3.63, 3.8) is 0 Å². The SMILES string of the molecule is CCNc1nc2c(c(=O)[nH]c(=O)n2C)n1CC(O)COc1cccc(C)c1. The van der Waals surface area contributed by atoms with E-state index in [4.69, 9.17) is 4.74 Å². The van der Waals surface area contributed by atoms with Crippen molar-refractivity contribution in [3.05, 3.63) is 50.7 Å². The first kappa shape index (κ1) is 18.7. The summed E-state index contributed by atoms with van der Waals surface area (Å²) in [7, 11) is 1.53. The first-order valence-electron chi connectivity index (χ1n) is 8.71. The van der Waals surface area contributed by atoms with E-state index in [-0.39, 0.29) is 24.3 Å². The van der Waals surface area contributed by atoms with E-state index in [1.54, 1.807) is 4.57 Å². The van der Waals surface area contributed by atoms with E-state index >= 15 is 0 Å². The number of aromatic nitrogens is 4. The second kappa shape index (κ2) is 7.67. The number of nitrogens with zero attached hydrogens (tertiary/aromatic N) is 3. The Bertz CT molecular complexity index is 1070. The largest absolute Gasteiger partial charge is 0.491 e. The Morgan fingerprint density at radius 3 is 2.85 bits per heavy atom. The van der Waals surface area contributed by atoms with Crippen LogP contribution in [0.5, 0.6) is 5.75 Å². The minimum Gasteiger partial charge on any atom is -0.491 e. The zero-order chi connectivity index (χ0) is 19.6. The van der Waals surface area contributed by atoms with Gasteiger partial charge in [0.25, 0.3) is 5.56 Å². The van der Waals surface area contributed by atoms with Gasteiger partial charge in [-0.15, -0.1) is 0 Å². The van der Waals surface area contributed by atoms with Gasteiger partial charge in [0.15, 0.2) is 11.2 Å². The van der Waals surface area contributed by atoms with Gasteiger partial charge in [0.1, 0.15) is 18.5 Å². The van der Waals surface area contributed by atoms with Gasteiger partial charge < -0.3 is 19.7 Å². The molecule has 2 aromatic heterocycles. The monoisotopic (exact) mass is 373 g/mol. The molecule has 0 radical (unpaired) electrons. The summed E-state index contributed by atoms with van der Waals surface area (Å²) in [5.74, 6) is 1.07. The molecule has 3 aromatic rings. The molecular formula is C18H23N5O4. The molecule has 0 aliphatic heterocycles. The van der Waals surface area contributed by atoms with Gasteiger partial charge in [-0.05, 0) is 31.5 Å². The molecule has 27 heavy (non-hydrogen) atoms. The molecule has 0 saturated carbocycles. The average Bonchev–Trinajstić information content (AvgIpc) is 2.97. The van der Waals surface area contributed by atoms with Crippen LogP contribution in [0.1, 0.15) is 12.5 Å². The number of aliphatic hydroxyl groups is 1. The molecule has 144 valence electrons. The van der Waals surface area contributed by atoms with Crippen molar-refractivity contribution in [1.29, 1.82) is 0 Å². The Labute approximate surface area is 155 Å². The summed E-state index contributed by atoms with van der Waals surface area (Å²) in [6, 6.07) is 7.53. The number of aromatic amines is 1. The number of imidazole rings is 1. The van der Waals surface area contributed by atoms with Crippen LogP contribution in [-0.2, 0) is 13.6 Å². The minimum atomic E-state index is -0.878. The summed E-state index contributed by atoms with van der Waals surface area (Å²) < 4.78 is 8.48. The molecule has 3 N–H and O–H groups in total. The van der Waals surface area contributed by atoms with Crippen LogP contribution in [0, 0.1) is 6.92 Å². The third-order valence-corrected chi connectivity index (χ3v) is 4.17. The van der Waals surface area contributed by atoms with Gasteiger partial charge in [-0.1, -0.05) is 12.1 Å². The van der Waals surface area contributed by atoms with Crippen molar-refractivity contribution in [1.82, 2.24) is 19.1 Å². The number of hydrogen-bond acceptors (Lipinski definition) is 6. The Kier molecular flexibility index (Phi) is 5.31. The van der Waals surface area contributed by atoms with E-state index in [0.29, 0.717) is 18.2 Å². The van der Waals surface area contributed by atoms with Gasteiger partial charge in [-0.25, -0.2) is 4.79 Å². The van der Waals surface area contributed by atoms with Gasteiger partial charge >= 0.3 is 5.69 Å². The van der Waals surface area contributed by atoms with Crippen LogP contribution < -0.4 is 21.3 Å². The molecule has 0 spiro atoms. The summed E-state index contributed by atoms with van der Waals surface area (Å²) in [5.41, 5.74) is 0.457. The van der Waals surface area contributed by atoms with Crippen molar-refractivity contribution < 1.29 is 9.84 Å². The van der Waals surface area contributed by atoms with E-state index in [9.17, 15) is 14.7 Å². The van der Waals surface area contributed by atoms with Crippen LogP contribution in [0.3, 0.4) is 0 Å². The zero-order valence-electron chi connectivity index (χ0n) is 15.5. The number of nitrogens with one attached hydrogen (secondary N) is 2. The molecule has 0 fully saturated rings. The van der Waals surface area contributed by atoms with Gasteiger partial charge in [-0.2, -0.15) is 4.98 Å². The molecule has 1 atom stereocenters. The third-order valence-electron chi connectivity index (χ3n) is 4.17. The van der Waals surface area contributed by atoms with Crippen LogP contribution in [0.15, 0.2) is 33.9 Å². The first-order valence-corrected chi connectivity index (χ1v) is 8.71. The number of fused-ring (bicyclic) bond motifs is 1. The molecule has 0 amide bonds. The van der Waals surface area contributed by atoms with Crippen LogP contribution in [0.4, 0.5) is 5.95 Å². The highest BCUT2D eigenvalue weighted by molar-refractivity contribution is 5.74. The fourth-order valence-corrected chi connectivity index (χ4v) is 2.87. The number of ether oxygens (including phenoxy) is 1. The number of aryl methyl sites for hydroxylation is 2. The molecule has 9 heteroatoms. The quantitative estimate of drug-likeness (QED) is 0.559. The van der Waals surface area contributed by atoms with E-state index in [1.807, 2.05) is 38.1 Å². The van der Waals surface area contributed by atoms with Crippen molar-refractivity contribution in [2.45, 2.75) is 26.5 Å². The van der Waals surface area contributed by atoms with Gasteiger partial charge in [0.2, 0.25) is 5.95 Å². The number of anilines is 1. The standard InChI is InChI=1S/C18H23N5O4/c1-4-19-17-20-15-14(16(25)21-18(26)22(15)3)23(17)9-12(24)10-27-13-7-5-6-11(2)8-13/h5-8,12,24H,4,9-10H2,1-3H3,(H,19,20)(H,21,25,26). The summed E-state index contributed by atoms with van der Waals surface area (Å²) in [6.45, 7) is 4.57. The Hall–Kier alpha value is -3.07. The van der Waals surface area contributed by atoms with Crippen molar-refractivity contribution >= 4 is 17.1 Å². The number of hydrogen-bond donors (Lipinski definition) is 3. The average molecular weight is 373 g/mol. The Morgan fingerprint density at radius 2 is 2.15 bits per heavy atom. The van der Waals surface area contributed by atoms with Crippen LogP contribution in [0.2, 0.25) is 0 Å². The van der Waals surface area contributed by atoms with Crippen LogP contribution >= 0.6 is 0 Å². The third kappa shape index (κ3) is 3.87. The first-order chi connectivity index (χ1) is 12.9. The molecular weight excluding hydrogens is 350 g/mol. The van der Waals surface area contributed by atoms with Crippen LogP contribution in [0.25, 0.3) is 11.2 Å². The van der Waals surface area contributed by atoms with E-state index < -0.39 is 17.4 Å². The van der Waals surface area contributed by atoms with E-state index in [1.165, 1.54) is 11.6 Å². The van der Waals surface area contributed by atoms with Gasteiger partial charge in [-0.3, -0.25) is 14.3 Å². The lowest BCUT2D eigenvalue weighted by atomic mass is 10.2. The fourth-order valence-electron chi connectivity index (χ4n) is 2.87. The topological polar surface area (TPSA) is 114 Å².